The number of carbonyl (C=O) groups excluding carboxylic acids is 3. The summed E-state index contributed by atoms with van der Waals surface area (Å²) in [5, 5.41) is 12.2. The molecule has 0 atom stereocenters. The summed E-state index contributed by atoms with van der Waals surface area (Å²) in [5.41, 5.74) is 11.8. The van der Waals surface area contributed by atoms with Crippen LogP contribution in [0, 0.1) is 13.8 Å². The van der Waals surface area contributed by atoms with Crippen LogP contribution in [0.1, 0.15) is 43.2 Å². The number of aryl methyl sites for hydroxylation is 1. The van der Waals surface area contributed by atoms with Crippen LogP contribution in [0.4, 0.5) is 22.9 Å². The lowest BCUT2D eigenvalue weighted by Gasteiger charge is -2.10. The van der Waals surface area contributed by atoms with E-state index in [1.807, 2.05) is 13.8 Å². The summed E-state index contributed by atoms with van der Waals surface area (Å²) in [7, 11) is 0. The molecule has 3 heterocycles. The molecule has 0 saturated heterocycles. The number of pyridine rings is 1. The molecule has 1 aliphatic rings. The van der Waals surface area contributed by atoms with Gasteiger partial charge in [0.25, 0.3) is 17.7 Å². The molecule has 0 saturated carbocycles. The Morgan fingerprint density at radius 2 is 1.85 bits per heavy atom. The largest absolute Gasteiger partial charge is 0.397 e. The van der Waals surface area contributed by atoms with Crippen molar-refractivity contribution < 1.29 is 14.4 Å². The molecule has 0 spiro atoms. The molecule has 1 aliphatic heterocycles. The van der Waals surface area contributed by atoms with Gasteiger partial charge in [0.1, 0.15) is 5.82 Å². The Kier molecular flexibility index (Phi) is 7.75. The number of nitrogen functional groups attached to an aromatic ring is 1. The minimum atomic E-state index is -0.317. The molecule has 0 radical (unpaired) electrons. The Morgan fingerprint density at radius 1 is 1.05 bits per heavy atom. The average molecular weight is 570 g/mol. The number of aromatic nitrogens is 2. The van der Waals surface area contributed by atoms with E-state index in [2.05, 4.69) is 31.2 Å². The highest BCUT2D eigenvalue weighted by atomic mass is 35.5. The molecule has 5 rings (SSSR count). The molecule has 10 nitrogen and oxygen atoms in total. The van der Waals surface area contributed by atoms with E-state index in [1.165, 1.54) is 6.20 Å². The van der Waals surface area contributed by atoms with Crippen LogP contribution in [0.3, 0.4) is 0 Å². The second-order valence-electron chi connectivity index (χ2n) is 9.52. The number of aromatic amines is 1. The first-order valence-corrected chi connectivity index (χ1v) is 13.2. The first-order chi connectivity index (χ1) is 19.7. The molecule has 0 unspecified atom stereocenters. The van der Waals surface area contributed by atoms with Gasteiger partial charge in [-0.05, 0) is 68.0 Å². The second-order valence-corrected chi connectivity index (χ2v) is 9.96. The Bertz CT molecular complexity index is 1690. The summed E-state index contributed by atoms with van der Waals surface area (Å²) in [4.78, 5) is 45.5. The van der Waals surface area contributed by atoms with Crippen molar-refractivity contribution in [2.24, 2.45) is 0 Å². The zero-order valence-electron chi connectivity index (χ0n) is 22.4. The average Bonchev–Trinajstić information content (AvgIpc) is 3.41. The first kappa shape index (κ1) is 27.5. The van der Waals surface area contributed by atoms with Crippen LogP contribution in [0.5, 0.6) is 0 Å². The highest BCUT2D eigenvalue weighted by Crippen LogP contribution is 2.35. The molecular formula is C30H28ClN7O3. The maximum atomic E-state index is 13.0. The van der Waals surface area contributed by atoms with Crippen LogP contribution in [0.2, 0.25) is 5.02 Å². The van der Waals surface area contributed by atoms with Gasteiger partial charge in [-0.3, -0.25) is 14.4 Å². The van der Waals surface area contributed by atoms with Gasteiger partial charge in [0, 0.05) is 46.9 Å². The van der Waals surface area contributed by atoms with Crippen LogP contribution < -0.4 is 27.0 Å². The van der Waals surface area contributed by atoms with Gasteiger partial charge < -0.3 is 32.0 Å². The van der Waals surface area contributed by atoms with Gasteiger partial charge in [-0.15, -0.1) is 0 Å². The fourth-order valence-corrected chi connectivity index (χ4v) is 4.77. The third kappa shape index (κ3) is 5.92. The van der Waals surface area contributed by atoms with E-state index in [0.717, 1.165) is 11.1 Å². The van der Waals surface area contributed by atoms with Crippen molar-refractivity contribution >= 4 is 63.9 Å². The van der Waals surface area contributed by atoms with Crippen molar-refractivity contribution in [3.63, 3.8) is 0 Å². The quantitative estimate of drug-likeness (QED) is 0.101. The number of amides is 3. The van der Waals surface area contributed by atoms with E-state index in [0.29, 0.717) is 69.1 Å². The molecule has 41 heavy (non-hydrogen) atoms. The van der Waals surface area contributed by atoms with Gasteiger partial charge in [0.05, 0.1) is 28.1 Å². The summed E-state index contributed by atoms with van der Waals surface area (Å²) in [6.07, 6.45) is 3.21. The molecule has 208 valence electrons. The molecule has 4 aromatic rings. The predicted molar refractivity (Wildman–Crippen MR) is 162 cm³/mol. The highest BCUT2D eigenvalue weighted by Gasteiger charge is 2.26. The lowest BCUT2D eigenvalue weighted by atomic mass is 10.0. The maximum Gasteiger partial charge on any atom is 0.257 e. The van der Waals surface area contributed by atoms with Crippen LogP contribution in [0.15, 0.2) is 60.8 Å². The number of fused-ring (bicyclic) bond motifs is 1. The van der Waals surface area contributed by atoms with Crippen molar-refractivity contribution in [2.45, 2.75) is 13.8 Å². The number of hydrogen-bond acceptors (Lipinski definition) is 6. The van der Waals surface area contributed by atoms with Crippen LogP contribution in [-0.4, -0.2) is 40.8 Å². The molecule has 0 bridgehead atoms. The topological polar surface area (TPSA) is 154 Å². The Labute approximate surface area is 241 Å². The van der Waals surface area contributed by atoms with E-state index in [-0.39, 0.29) is 17.7 Å². The number of anilines is 4. The van der Waals surface area contributed by atoms with Gasteiger partial charge in [0.15, 0.2) is 0 Å². The molecule has 7 N–H and O–H groups in total. The highest BCUT2D eigenvalue weighted by molar-refractivity contribution is 6.36. The third-order valence-electron chi connectivity index (χ3n) is 6.71. The number of nitrogens with one attached hydrogen (secondary N) is 5. The van der Waals surface area contributed by atoms with E-state index in [9.17, 15) is 14.4 Å². The van der Waals surface area contributed by atoms with Gasteiger partial charge >= 0.3 is 0 Å². The number of carbonyl (C=O) groups is 3. The van der Waals surface area contributed by atoms with Crippen molar-refractivity contribution in [2.75, 3.05) is 34.8 Å². The number of H-pyrrole nitrogens is 1. The summed E-state index contributed by atoms with van der Waals surface area (Å²) in [6.45, 7) is 4.41. The number of halogens is 1. The first-order valence-electron chi connectivity index (χ1n) is 12.9. The molecule has 11 heteroatoms. The Balaban J connectivity index is 1.17. The monoisotopic (exact) mass is 569 g/mol. The SMILES string of the molecule is Cc1[nH]c(/C=C2\C(=O)Nc3ccc(Cl)cc32)c(C)c1C(=O)NCCNc1ccc(C(=O)Nc2ccccc2N)cn1. The molecule has 0 aliphatic carbocycles. The van der Waals surface area contributed by atoms with Gasteiger partial charge in [0.2, 0.25) is 0 Å². The Morgan fingerprint density at radius 3 is 2.61 bits per heavy atom. The van der Waals surface area contributed by atoms with Crippen molar-refractivity contribution in [1.29, 1.82) is 0 Å². The van der Waals surface area contributed by atoms with E-state index in [1.54, 1.807) is 60.7 Å². The zero-order chi connectivity index (χ0) is 29.1. The minimum absolute atomic E-state index is 0.228. The fourth-order valence-electron chi connectivity index (χ4n) is 4.60. The van der Waals surface area contributed by atoms with Crippen LogP contribution >= 0.6 is 11.6 Å². The number of nitrogens with zero attached hydrogens (tertiary/aromatic N) is 1. The van der Waals surface area contributed by atoms with Crippen LogP contribution in [0.25, 0.3) is 11.6 Å². The molecule has 3 amide bonds. The number of hydrogen-bond donors (Lipinski definition) is 6. The second kappa shape index (κ2) is 11.6. The molecule has 2 aromatic carbocycles. The normalized spacial score (nSPS) is 13.0. The van der Waals surface area contributed by atoms with Crippen molar-refractivity contribution in [3.05, 3.63) is 99.5 Å². The van der Waals surface area contributed by atoms with E-state index >= 15 is 0 Å². The summed E-state index contributed by atoms with van der Waals surface area (Å²) >= 11 is 6.14. The summed E-state index contributed by atoms with van der Waals surface area (Å²) < 4.78 is 0. The number of benzene rings is 2. The predicted octanol–water partition coefficient (Wildman–Crippen LogP) is 4.85. The van der Waals surface area contributed by atoms with E-state index in [4.69, 9.17) is 17.3 Å². The van der Waals surface area contributed by atoms with Gasteiger partial charge in [-0.1, -0.05) is 23.7 Å². The fraction of sp³-hybridized carbons (Fsp3) is 0.133. The lowest BCUT2D eigenvalue weighted by molar-refractivity contribution is -0.110. The number of rotatable bonds is 8. The van der Waals surface area contributed by atoms with Crippen molar-refractivity contribution in [1.82, 2.24) is 15.3 Å². The van der Waals surface area contributed by atoms with Crippen molar-refractivity contribution in [3.8, 4) is 0 Å². The zero-order valence-corrected chi connectivity index (χ0v) is 23.1. The molecule has 2 aromatic heterocycles. The number of para-hydroxylation sites is 2. The summed E-state index contributed by atoms with van der Waals surface area (Å²) in [6, 6.07) is 15.6. The standard InChI is InChI=1S/C30H28ClN7O3/c1-16-25(14-21-20-13-19(31)8-9-23(20)37-29(21)40)36-17(2)27(16)30(41)34-12-11-33-26-10-7-18(15-35-26)28(39)38-24-6-4-3-5-22(24)32/h3-10,13-15,36H,11-12,32H2,1-2H3,(H,33,35)(H,34,41)(H,37,40)(H,38,39)/b21-14-. The lowest BCUT2D eigenvalue weighted by Crippen LogP contribution is -2.29. The smallest absolute Gasteiger partial charge is 0.257 e. The number of nitrogens with two attached hydrogens (primary N) is 1. The summed E-state index contributed by atoms with van der Waals surface area (Å²) in [5.74, 6) is -0.215. The van der Waals surface area contributed by atoms with Crippen LogP contribution in [-0.2, 0) is 4.79 Å². The molecule has 0 fully saturated rings. The Hall–Kier alpha value is -5.09. The van der Waals surface area contributed by atoms with E-state index < -0.39 is 0 Å². The third-order valence-corrected chi connectivity index (χ3v) is 6.94. The van der Waals surface area contributed by atoms with Gasteiger partial charge in [-0.25, -0.2) is 4.98 Å². The van der Waals surface area contributed by atoms with Gasteiger partial charge in [-0.2, -0.15) is 0 Å². The molecular weight excluding hydrogens is 542 g/mol. The minimum Gasteiger partial charge on any atom is -0.397 e. The maximum absolute atomic E-state index is 13.0.